The molecule has 2 N–H and O–H groups in total. The SMILES string of the molecule is C/C(=C\c1ccc(Cl)cc1)S(=O)(=O)NC(=O)NC1CCCCC1. The lowest BCUT2D eigenvalue weighted by molar-refractivity contribution is 0.238. The number of halogens is 1. The highest BCUT2D eigenvalue weighted by Crippen LogP contribution is 2.18. The van der Waals surface area contributed by atoms with Crippen LogP contribution in [0.2, 0.25) is 5.02 Å². The van der Waals surface area contributed by atoms with Crippen molar-refractivity contribution in [2.24, 2.45) is 0 Å². The summed E-state index contributed by atoms with van der Waals surface area (Å²) in [6.45, 7) is 1.45. The quantitative estimate of drug-likeness (QED) is 0.864. The maximum Gasteiger partial charge on any atom is 0.328 e. The molecule has 1 aliphatic carbocycles. The first kappa shape index (κ1) is 17.8. The van der Waals surface area contributed by atoms with Gasteiger partial charge in [0.25, 0.3) is 10.0 Å². The van der Waals surface area contributed by atoms with E-state index in [4.69, 9.17) is 11.6 Å². The van der Waals surface area contributed by atoms with Crippen LogP contribution in [0.3, 0.4) is 0 Å². The molecule has 0 radical (unpaired) electrons. The highest BCUT2D eigenvalue weighted by Gasteiger charge is 2.20. The van der Waals surface area contributed by atoms with E-state index < -0.39 is 16.1 Å². The van der Waals surface area contributed by atoms with Gasteiger partial charge in [-0.05, 0) is 43.5 Å². The fourth-order valence-corrected chi connectivity index (χ4v) is 3.42. The van der Waals surface area contributed by atoms with E-state index in [0.717, 1.165) is 25.7 Å². The number of carbonyl (C=O) groups excluding carboxylic acids is 1. The first-order valence-electron chi connectivity index (χ1n) is 7.64. The number of nitrogens with one attached hydrogen (secondary N) is 2. The van der Waals surface area contributed by atoms with Crippen LogP contribution < -0.4 is 10.0 Å². The molecule has 0 aliphatic heterocycles. The fraction of sp³-hybridized carbons (Fsp3) is 0.438. The van der Waals surface area contributed by atoms with Crippen molar-refractivity contribution in [3.63, 3.8) is 0 Å². The number of rotatable bonds is 4. The molecule has 0 aromatic heterocycles. The summed E-state index contributed by atoms with van der Waals surface area (Å²) in [5.41, 5.74) is 0.699. The van der Waals surface area contributed by atoms with Gasteiger partial charge in [-0.25, -0.2) is 17.9 Å². The number of urea groups is 1. The Morgan fingerprint density at radius 2 is 1.78 bits per heavy atom. The van der Waals surface area contributed by atoms with E-state index >= 15 is 0 Å². The van der Waals surface area contributed by atoms with Gasteiger partial charge in [-0.2, -0.15) is 0 Å². The molecule has 0 saturated heterocycles. The number of hydrogen-bond donors (Lipinski definition) is 2. The van der Waals surface area contributed by atoms with E-state index in [9.17, 15) is 13.2 Å². The van der Waals surface area contributed by atoms with Crippen molar-refractivity contribution >= 4 is 33.7 Å². The zero-order chi connectivity index (χ0) is 16.9. The monoisotopic (exact) mass is 356 g/mol. The van der Waals surface area contributed by atoms with Crippen LogP contribution >= 0.6 is 11.6 Å². The van der Waals surface area contributed by atoms with Crippen molar-refractivity contribution in [3.8, 4) is 0 Å². The first-order valence-corrected chi connectivity index (χ1v) is 9.50. The Morgan fingerprint density at radius 1 is 1.17 bits per heavy atom. The molecular formula is C16H21ClN2O3S. The van der Waals surface area contributed by atoms with E-state index in [-0.39, 0.29) is 10.9 Å². The summed E-state index contributed by atoms with van der Waals surface area (Å²) in [6, 6.07) is 6.17. The molecule has 0 heterocycles. The highest BCUT2D eigenvalue weighted by molar-refractivity contribution is 7.94. The molecule has 5 nitrogen and oxygen atoms in total. The summed E-state index contributed by atoms with van der Waals surface area (Å²) < 4.78 is 26.4. The third-order valence-electron chi connectivity index (χ3n) is 3.83. The molecule has 1 saturated carbocycles. The molecule has 0 unspecified atom stereocenters. The predicted octanol–water partition coefficient (Wildman–Crippen LogP) is 3.66. The third-order valence-corrected chi connectivity index (χ3v) is 5.50. The average molecular weight is 357 g/mol. The Labute approximate surface area is 142 Å². The summed E-state index contributed by atoms with van der Waals surface area (Å²) in [5.74, 6) is 0. The Kier molecular flexibility index (Phi) is 6.07. The zero-order valence-electron chi connectivity index (χ0n) is 13.0. The molecule has 7 heteroatoms. The molecule has 0 spiro atoms. The molecule has 0 atom stereocenters. The third kappa shape index (κ3) is 5.55. The Morgan fingerprint density at radius 3 is 2.39 bits per heavy atom. The Hall–Kier alpha value is -1.53. The van der Waals surface area contributed by atoms with Crippen LogP contribution in [-0.2, 0) is 10.0 Å². The standard InChI is InChI=1S/C16H21ClN2O3S/c1-12(11-13-7-9-14(17)10-8-13)23(21,22)19-16(20)18-15-5-3-2-4-6-15/h7-11,15H,2-6H2,1H3,(H2,18,19,20)/b12-11+. The van der Waals surface area contributed by atoms with Gasteiger partial charge in [0.1, 0.15) is 0 Å². The number of hydrogen-bond acceptors (Lipinski definition) is 3. The Balaban J connectivity index is 1.99. The van der Waals surface area contributed by atoms with Crippen molar-refractivity contribution in [1.29, 1.82) is 0 Å². The van der Waals surface area contributed by atoms with Gasteiger partial charge in [-0.3, -0.25) is 0 Å². The van der Waals surface area contributed by atoms with Gasteiger partial charge in [0.15, 0.2) is 0 Å². The average Bonchev–Trinajstić information content (AvgIpc) is 2.50. The van der Waals surface area contributed by atoms with Crippen LogP contribution in [0.25, 0.3) is 6.08 Å². The Bertz CT molecular complexity index is 678. The van der Waals surface area contributed by atoms with Crippen LogP contribution in [-0.4, -0.2) is 20.5 Å². The summed E-state index contributed by atoms with van der Waals surface area (Å²) >= 11 is 5.80. The van der Waals surface area contributed by atoms with Gasteiger partial charge in [0.2, 0.25) is 0 Å². The number of amides is 2. The lowest BCUT2D eigenvalue weighted by Crippen LogP contribution is -2.45. The summed E-state index contributed by atoms with van der Waals surface area (Å²) in [7, 11) is -3.85. The molecule has 2 amide bonds. The molecule has 126 valence electrons. The van der Waals surface area contributed by atoms with Gasteiger partial charge < -0.3 is 5.32 Å². The van der Waals surface area contributed by atoms with E-state index in [1.54, 1.807) is 24.3 Å². The van der Waals surface area contributed by atoms with Crippen molar-refractivity contribution < 1.29 is 13.2 Å². The van der Waals surface area contributed by atoms with Crippen molar-refractivity contribution in [2.45, 2.75) is 45.1 Å². The minimum atomic E-state index is -3.85. The molecule has 2 rings (SSSR count). The van der Waals surface area contributed by atoms with Crippen molar-refractivity contribution in [1.82, 2.24) is 10.0 Å². The van der Waals surface area contributed by atoms with Crippen LogP contribution in [0.5, 0.6) is 0 Å². The number of sulfonamides is 1. The molecule has 1 aliphatic rings. The van der Waals surface area contributed by atoms with Gasteiger partial charge >= 0.3 is 6.03 Å². The molecular weight excluding hydrogens is 336 g/mol. The molecule has 23 heavy (non-hydrogen) atoms. The smallest absolute Gasteiger partial charge is 0.328 e. The fourth-order valence-electron chi connectivity index (χ4n) is 2.54. The van der Waals surface area contributed by atoms with E-state index in [1.165, 1.54) is 19.4 Å². The minimum Gasteiger partial charge on any atom is -0.335 e. The van der Waals surface area contributed by atoms with E-state index in [2.05, 4.69) is 10.0 Å². The molecule has 1 aromatic carbocycles. The largest absolute Gasteiger partial charge is 0.335 e. The number of benzene rings is 1. The lowest BCUT2D eigenvalue weighted by atomic mass is 9.96. The molecule has 1 fully saturated rings. The van der Waals surface area contributed by atoms with Crippen LogP contribution in [0, 0.1) is 0 Å². The summed E-state index contributed by atoms with van der Waals surface area (Å²) in [6.07, 6.45) is 6.58. The van der Waals surface area contributed by atoms with Crippen molar-refractivity contribution in [3.05, 3.63) is 39.8 Å². The molecule has 0 bridgehead atoms. The second kappa shape index (κ2) is 7.84. The van der Waals surface area contributed by atoms with Gasteiger partial charge in [0, 0.05) is 11.1 Å². The minimum absolute atomic E-state index is 0.0551. The first-order chi connectivity index (χ1) is 10.9. The normalized spacial score (nSPS) is 16.9. The summed E-state index contributed by atoms with van der Waals surface area (Å²) in [5, 5.41) is 3.30. The maximum atomic E-state index is 12.2. The van der Waals surface area contributed by atoms with E-state index in [1.807, 2.05) is 0 Å². The van der Waals surface area contributed by atoms with Crippen LogP contribution in [0.4, 0.5) is 4.79 Å². The molecule has 1 aromatic rings. The topological polar surface area (TPSA) is 75.3 Å². The van der Waals surface area contributed by atoms with Crippen LogP contribution in [0.1, 0.15) is 44.6 Å². The maximum absolute atomic E-state index is 12.2. The second-order valence-electron chi connectivity index (χ2n) is 5.72. The van der Waals surface area contributed by atoms with Gasteiger partial charge in [-0.15, -0.1) is 0 Å². The predicted molar refractivity (Wildman–Crippen MR) is 92.6 cm³/mol. The van der Waals surface area contributed by atoms with Gasteiger partial charge in [-0.1, -0.05) is 43.0 Å². The van der Waals surface area contributed by atoms with Crippen LogP contribution in [0.15, 0.2) is 29.2 Å². The lowest BCUT2D eigenvalue weighted by Gasteiger charge is -2.22. The number of allylic oxidation sites excluding steroid dienone is 1. The number of carbonyl (C=O) groups is 1. The highest BCUT2D eigenvalue weighted by atomic mass is 35.5. The second-order valence-corrected chi connectivity index (χ2v) is 8.01. The van der Waals surface area contributed by atoms with E-state index in [0.29, 0.717) is 10.6 Å². The zero-order valence-corrected chi connectivity index (χ0v) is 14.6. The summed E-state index contributed by atoms with van der Waals surface area (Å²) in [4.78, 5) is 12.0. The van der Waals surface area contributed by atoms with Crippen molar-refractivity contribution in [2.75, 3.05) is 0 Å². The van der Waals surface area contributed by atoms with Gasteiger partial charge in [0.05, 0.1) is 4.91 Å².